The molecule has 45 heavy (non-hydrogen) atoms. The molecule has 0 spiro atoms. The van der Waals surface area contributed by atoms with Gasteiger partial charge in [0.05, 0.1) is 23.3 Å². The van der Waals surface area contributed by atoms with Crippen LogP contribution in [0.25, 0.3) is 0 Å². The van der Waals surface area contributed by atoms with Crippen LogP contribution in [0.5, 0.6) is 0 Å². The second-order valence-electron chi connectivity index (χ2n) is 11.0. The Labute approximate surface area is 259 Å². The minimum Gasteiger partial charge on any atom is -0.550 e. The first-order chi connectivity index (χ1) is 21.3. The Hall–Kier alpha value is -4.15. The van der Waals surface area contributed by atoms with Crippen molar-refractivity contribution in [3.8, 4) is 0 Å². The molecule has 1 aromatic heterocycles. The highest BCUT2D eigenvalue weighted by molar-refractivity contribution is 5.74. The molecule has 1 aromatic rings. The van der Waals surface area contributed by atoms with E-state index in [-0.39, 0.29) is 97.1 Å². The molecule has 1 aliphatic heterocycles. The summed E-state index contributed by atoms with van der Waals surface area (Å²) in [6.45, 7) is -0.167. The summed E-state index contributed by atoms with van der Waals surface area (Å²) in [6.07, 6.45) is -1.04. The van der Waals surface area contributed by atoms with E-state index in [9.17, 15) is 49.2 Å². The number of carbonyl (C=O) groups excluding carboxylic acids is 3. The van der Waals surface area contributed by atoms with Crippen LogP contribution in [0.4, 0.5) is 0 Å². The van der Waals surface area contributed by atoms with Gasteiger partial charge in [-0.15, -0.1) is 0 Å². The van der Waals surface area contributed by atoms with Crippen molar-refractivity contribution in [2.45, 2.75) is 89.0 Å². The largest absolute Gasteiger partial charge is 0.550 e. The number of aromatic nitrogens is 1. The molecule has 2 bridgehead atoms. The average Bonchev–Trinajstić information content (AvgIpc) is 2.94. The Balaban J connectivity index is 2.51. The molecule has 0 amide bonds. The van der Waals surface area contributed by atoms with Crippen LogP contribution in [0, 0.1) is 0 Å². The van der Waals surface area contributed by atoms with E-state index in [0.717, 1.165) is 0 Å². The van der Waals surface area contributed by atoms with Crippen molar-refractivity contribution >= 4 is 35.8 Å². The van der Waals surface area contributed by atoms with Gasteiger partial charge < -0.3 is 45.0 Å². The van der Waals surface area contributed by atoms with E-state index >= 15 is 0 Å². The highest BCUT2D eigenvalue weighted by atomic mass is 16.4. The lowest BCUT2D eigenvalue weighted by molar-refractivity contribution is -0.313. The van der Waals surface area contributed by atoms with E-state index < -0.39 is 53.9 Å². The summed E-state index contributed by atoms with van der Waals surface area (Å²) in [6, 6.07) is 1.26. The quantitative estimate of drug-likeness (QED) is 0.146. The maximum Gasteiger partial charge on any atom is 0.320 e. The van der Waals surface area contributed by atoms with Gasteiger partial charge >= 0.3 is 17.9 Å². The summed E-state index contributed by atoms with van der Waals surface area (Å²) in [5.74, 6) is -7.68. The zero-order valence-electron chi connectivity index (χ0n) is 24.9. The Morgan fingerprint density at radius 2 is 1.04 bits per heavy atom. The van der Waals surface area contributed by atoms with E-state index in [1.165, 1.54) is 14.7 Å². The SMILES string of the molecule is O=C([O-])CCCC(C(=O)[O-])N1CCN(C(CCCC(=O)O)C(=O)O)CCN(C(CCCC(=O)O)C(=O)[O-])Cc2cccc(n2)C1. The van der Waals surface area contributed by atoms with Gasteiger partial charge in [-0.1, -0.05) is 6.07 Å². The molecule has 1 aliphatic rings. The lowest BCUT2D eigenvalue weighted by Gasteiger charge is -2.39. The molecule has 0 radical (unpaired) electrons. The third-order valence-electron chi connectivity index (χ3n) is 7.69. The molecular weight excluding hydrogens is 596 g/mol. The van der Waals surface area contributed by atoms with Gasteiger partial charge in [-0.2, -0.15) is 0 Å². The van der Waals surface area contributed by atoms with Crippen LogP contribution in [-0.4, -0.2) is 115 Å². The van der Waals surface area contributed by atoms with E-state index in [0.29, 0.717) is 11.4 Å². The Bertz CT molecular complexity index is 1130. The van der Waals surface area contributed by atoms with E-state index in [1.54, 1.807) is 18.2 Å². The molecule has 250 valence electrons. The Morgan fingerprint density at radius 3 is 1.42 bits per heavy atom. The predicted octanol–water partition coefficient (Wildman–Crippen LogP) is -2.88. The van der Waals surface area contributed by atoms with Crippen molar-refractivity contribution in [3.05, 3.63) is 29.6 Å². The van der Waals surface area contributed by atoms with E-state index in [2.05, 4.69) is 4.98 Å². The molecule has 3 atom stereocenters. The minimum atomic E-state index is -1.45. The molecule has 0 saturated carbocycles. The summed E-state index contributed by atoms with van der Waals surface area (Å²) in [7, 11) is 0. The number of rotatable bonds is 18. The van der Waals surface area contributed by atoms with Crippen molar-refractivity contribution in [1.82, 2.24) is 19.7 Å². The molecule has 0 saturated heterocycles. The van der Waals surface area contributed by atoms with E-state index in [4.69, 9.17) is 10.2 Å². The first kappa shape index (κ1) is 37.0. The fourth-order valence-electron chi connectivity index (χ4n) is 5.44. The number of hydrogen-bond donors (Lipinski definition) is 3. The van der Waals surface area contributed by atoms with Gasteiger partial charge in [0.25, 0.3) is 0 Å². The Morgan fingerprint density at radius 1 is 0.644 bits per heavy atom. The molecule has 0 aromatic carbocycles. The maximum absolute atomic E-state index is 12.4. The van der Waals surface area contributed by atoms with Crippen molar-refractivity contribution < 1.29 is 59.4 Å². The van der Waals surface area contributed by atoms with Gasteiger partial charge in [-0.3, -0.25) is 34.1 Å². The topological polar surface area (TPSA) is 255 Å². The minimum absolute atomic E-state index is 0.0109. The number of carboxylic acid groups (broad SMARTS) is 6. The number of pyridine rings is 1. The van der Waals surface area contributed by atoms with Crippen LogP contribution < -0.4 is 15.3 Å². The highest BCUT2D eigenvalue weighted by Gasteiger charge is 2.30. The normalized spacial score (nSPS) is 17.2. The molecule has 16 nitrogen and oxygen atoms in total. The molecule has 2 heterocycles. The number of fused-ring (bicyclic) bond motifs is 2. The standard InChI is InChI=1S/C29H42N4O12/c34-24(35)10-2-7-21(27(40)41)31-13-15-32(22(28(42)43)8-3-11-25(36)37)17-19-5-1-6-20(30-19)18-33(16-14-31)23(29(44)45)9-4-12-26(38)39/h1,5-6,21-23H,2-4,7-18H2,(H,34,35)(H,36,37)(H,38,39)(H,40,41)(H,42,43)(H,44,45)/p-3. The molecule has 3 unspecified atom stereocenters. The van der Waals surface area contributed by atoms with Gasteiger partial charge in [0.2, 0.25) is 0 Å². The average molecular weight is 636 g/mol. The third-order valence-corrected chi connectivity index (χ3v) is 7.69. The number of carbonyl (C=O) groups is 6. The lowest BCUT2D eigenvalue weighted by Crippen LogP contribution is -2.54. The molecule has 3 N–H and O–H groups in total. The van der Waals surface area contributed by atoms with Crippen LogP contribution in [-0.2, 0) is 41.9 Å². The van der Waals surface area contributed by atoms with Crippen LogP contribution in [0.2, 0.25) is 0 Å². The zero-order chi connectivity index (χ0) is 33.5. The van der Waals surface area contributed by atoms with Gasteiger partial charge in [0, 0.05) is 70.2 Å². The van der Waals surface area contributed by atoms with Gasteiger partial charge in [-0.25, -0.2) is 0 Å². The summed E-state index contributed by atoms with van der Waals surface area (Å²) in [5.41, 5.74) is 0.833. The molecule has 2 rings (SSSR count). The third kappa shape index (κ3) is 13.2. The fourth-order valence-corrected chi connectivity index (χ4v) is 5.44. The summed E-state index contributed by atoms with van der Waals surface area (Å²) in [5, 5.41) is 63.6. The summed E-state index contributed by atoms with van der Waals surface area (Å²) in [4.78, 5) is 79.0. The second-order valence-corrected chi connectivity index (χ2v) is 11.0. The molecule has 0 aliphatic carbocycles. The van der Waals surface area contributed by atoms with Crippen molar-refractivity contribution in [1.29, 1.82) is 0 Å². The van der Waals surface area contributed by atoms with Crippen LogP contribution in [0.1, 0.15) is 69.2 Å². The first-order valence-electron chi connectivity index (χ1n) is 14.7. The van der Waals surface area contributed by atoms with Gasteiger partial charge in [0.15, 0.2) is 0 Å². The van der Waals surface area contributed by atoms with Crippen LogP contribution in [0.3, 0.4) is 0 Å². The summed E-state index contributed by atoms with van der Waals surface area (Å²) < 4.78 is 0. The smallest absolute Gasteiger partial charge is 0.320 e. The lowest BCUT2D eigenvalue weighted by atomic mass is 10.0. The number of carboxylic acids is 6. The maximum atomic E-state index is 12.4. The highest BCUT2D eigenvalue weighted by Crippen LogP contribution is 2.19. The van der Waals surface area contributed by atoms with E-state index in [1.807, 2.05) is 0 Å². The van der Waals surface area contributed by atoms with Gasteiger partial charge in [0.1, 0.15) is 6.04 Å². The number of nitrogens with zero attached hydrogens (tertiary/aromatic N) is 4. The second kappa shape index (κ2) is 18.6. The first-order valence-corrected chi connectivity index (χ1v) is 14.7. The Kier molecular flexibility index (Phi) is 15.3. The molecule has 16 heteroatoms. The predicted molar refractivity (Wildman–Crippen MR) is 147 cm³/mol. The molecule has 0 fully saturated rings. The summed E-state index contributed by atoms with van der Waals surface area (Å²) >= 11 is 0. The van der Waals surface area contributed by atoms with Crippen LogP contribution in [0.15, 0.2) is 18.2 Å². The number of aliphatic carboxylic acids is 6. The van der Waals surface area contributed by atoms with Crippen molar-refractivity contribution in [2.75, 3.05) is 26.2 Å². The van der Waals surface area contributed by atoms with Crippen molar-refractivity contribution in [3.63, 3.8) is 0 Å². The van der Waals surface area contributed by atoms with Crippen LogP contribution >= 0.6 is 0 Å². The van der Waals surface area contributed by atoms with Gasteiger partial charge in [-0.05, 0) is 57.1 Å². The number of hydrogen-bond acceptors (Lipinski definition) is 13. The molecular formula is C29H39N4O12-3. The fraction of sp³-hybridized carbons (Fsp3) is 0.621. The monoisotopic (exact) mass is 635 g/mol. The van der Waals surface area contributed by atoms with Crippen molar-refractivity contribution in [2.24, 2.45) is 0 Å². The zero-order valence-corrected chi connectivity index (χ0v) is 24.9.